The first-order chi connectivity index (χ1) is 14.5. The minimum absolute atomic E-state index is 0.238. The molecule has 8 heteroatoms. The number of ether oxygens (including phenoxy) is 1. The standard InChI is InChI=1S/C16H17ClN4O.C6H5FS/c1-18-8-10-9-19-14-7-11(3-4-12(10)14)20-13-5-6-15(17)21-16(13)22-2;7-5-2-1-3-6(8)4-5/h3-7,9,18-20H,8H2,1-2H3;1-4,8H. The Hall–Kier alpha value is -2.74. The summed E-state index contributed by atoms with van der Waals surface area (Å²) >= 11 is 9.79. The van der Waals surface area contributed by atoms with Gasteiger partial charge >= 0.3 is 0 Å². The summed E-state index contributed by atoms with van der Waals surface area (Å²) in [6.07, 6.45) is 2.02. The number of aromatic amines is 1. The Morgan fingerprint density at radius 3 is 2.67 bits per heavy atom. The summed E-state index contributed by atoms with van der Waals surface area (Å²) in [4.78, 5) is 8.09. The van der Waals surface area contributed by atoms with E-state index in [1.165, 1.54) is 23.1 Å². The minimum Gasteiger partial charge on any atom is -0.479 e. The highest BCUT2D eigenvalue weighted by molar-refractivity contribution is 7.80. The van der Waals surface area contributed by atoms with E-state index < -0.39 is 0 Å². The normalized spacial score (nSPS) is 10.4. The van der Waals surface area contributed by atoms with Crippen LogP contribution in [0.25, 0.3) is 10.9 Å². The molecule has 0 radical (unpaired) electrons. The monoisotopic (exact) mass is 444 g/mol. The Labute approximate surface area is 185 Å². The summed E-state index contributed by atoms with van der Waals surface area (Å²) in [5.41, 5.74) is 4.05. The molecule has 2 aromatic carbocycles. The van der Waals surface area contributed by atoms with Crippen LogP contribution in [0, 0.1) is 5.82 Å². The van der Waals surface area contributed by atoms with E-state index >= 15 is 0 Å². The maximum absolute atomic E-state index is 12.1. The summed E-state index contributed by atoms with van der Waals surface area (Å²) in [5, 5.41) is 8.08. The highest BCUT2D eigenvalue weighted by atomic mass is 35.5. The maximum Gasteiger partial charge on any atom is 0.238 e. The van der Waals surface area contributed by atoms with Crippen molar-refractivity contribution in [3.8, 4) is 5.88 Å². The van der Waals surface area contributed by atoms with Gasteiger partial charge in [0.15, 0.2) is 0 Å². The molecule has 0 atom stereocenters. The van der Waals surface area contributed by atoms with Gasteiger partial charge < -0.3 is 20.4 Å². The van der Waals surface area contributed by atoms with Crippen LogP contribution < -0.4 is 15.4 Å². The quantitative estimate of drug-likeness (QED) is 0.232. The largest absolute Gasteiger partial charge is 0.479 e. The average molecular weight is 445 g/mol. The third kappa shape index (κ3) is 5.66. The molecule has 0 bridgehead atoms. The molecule has 0 aliphatic carbocycles. The molecule has 0 saturated heterocycles. The Morgan fingerprint density at radius 2 is 2.00 bits per heavy atom. The molecule has 0 fully saturated rings. The van der Waals surface area contributed by atoms with Crippen LogP contribution in [0.15, 0.2) is 65.7 Å². The Bertz CT molecular complexity index is 1120. The molecule has 0 aliphatic heterocycles. The number of benzene rings is 2. The highest BCUT2D eigenvalue weighted by Gasteiger charge is 2.08. The number of H-pyrrole nitrogens is 1. The molecule has 4 aromatic rings. The molecule has 2 heterocycles. The lowest BCUT2D eigenvalue weighted by Crippen LogP contribution is -2.03. The lowest BCUT2D eigenvalue weighted by Gasteiger charge is -2.10. The Kier molecular flexibility index (Phi) is 7.57. The van der Waals surface area contributed by atoms with Crippen LogP contribution in [0.5, 0.6) is 5.88 Å². The molecule has 3 N–H and O–H groups in total. The minimum atomic E-state index is -0.238. The number of fused-ring (bicyclic) bond motifs is 1. The van der Waals surface area contributed by atoms with Gasteiger partial charge in [0, 0.05) is 34.2 Å². The second-order valence-corrected chi connectivity index (χ2v) is 7.30. The number of aromatic nitrogens is 2. The molecule has 5 nitrogen and oxygen atoms in total. The topological polar surface area (TPSA) is 62.0 Å². The van der Waals surface area contributed by atoms with Crippen molar-refractivity contribution in [2.24, 2.45) is 0 Å². The number of pyridine rings is 1. The summed E-state index contributed by atoms with van der Waals surface area (Å²) in [5.74, 6) is 0.229. The van der Waals surface area contributed by atoms with Crippen LogP contribution in [-0.4, -0.2) is 24.1 Å². The third-order valence-electron chi connectivity index (χ3n) is 4.24. The van der Waals surface area contributed by atoms with Gasteiger partial charge in [0.1, 0.15) is 16.7 Å². The molecule has 0 aliphatic rings. The zero-order chi connectivity index (χ0) is 21.5. The van der Waals surface area contributed by atoms with Gasteiger partial charge in [-0.2, -0.15) is 4.98 Å². The Morgan fingerprint density at radius 1 is 1.17 bits per heavy atom. The second kappa shape index (κ2) is 10.3. The first kappa shape index (κ1) is 22.0. The van der Waals surface area contributed by atoms with E-state index in [0.29, 0.717) is 15.9 Å². The van der Waals surface area contributed by atoms with Crippen LogP contribution in [-0.2, 0) is 6.54 Å². The molecule has 156 valence electrons. The molecule has 2 aromatic heterocycles. The van der Waals surface area contributed by atoms with Gasteiger partial charge in [-0.1, -0.05) is 23.7 Å². The van der Waals surface area contributed by atoms with Gasteiger partial charge in [-0.25, -0.2) is 4.39 Å². The molecule has 4 rings (SSSR count). The van der Waals surface area contributed by atoms with Crippen molar-refractivity contribution >= 4 is 46.5 Å². The number of nitrogens with zero attached hydrogens (tertiary/aromatic N) is 1. The van der Waals surface area contributed by atoms with Crippen LogP contribution in [0.2, 0.25) is 5.15 Å². The Balaban J connectivity index is 0.000000269. The molecule has 0 saturated carbocycles. The molecule has 0 unspecified atom stereocenters. The van der Waals surface area contributed by atoms with E-state index in [1.807, 2.05) is 25.4 Å². The van der Waals surface area contributed by atoms with Gasteiger partial charge in [-0.15, -0.1) is 12.6 Å². The molecular formula is C22H22ClFN4OS. The van der Waals surface area contributed by atoms with Gasteiger partial charge in [-0.05, 0) is 55.1 Å². The van der Waals surface area contributed by atoms with E-state index in [2.05, 4.69) is 45.4 Å². The van der Waals surface area contributed by atoms with E-state index in [1.54, 1.807) is 25.3 Å². The summed E-state index contributed by atoms with van der Waals surface area (Å²) in [6, 6.07) is 15.9. The van der Waals surface area contributed by atoms with Crippen LogP contribution in [0.1, 0.15) is 5.56 Å². The van der Waals surface area contributed by atoms with E-state index in [-0.39, 0.29) is 5.82 Å². The lowest BCUT2D eigenvalue weighted by molar-refractivity contribution is 0.400. The predicted molar refractivity (Wildman–Crippen MR) is 124 cm³/mol. The number of hydrogen-bond donors (Lipinski definition) is 4. The average Bonchev–Trinajstić information content (AvgIpc) is 3.12. The number of halogens is 2. The van der Waals surface area contributed by atoms with Crippen molar-refractivity contribution in [1.29, 1.82) is 0 Å². The number of methoxy groups -OCH3 is 1. The predicted octanol–water partition coefficient (Wildman–Crippen LogP) is 5.80. The van der Waals surface area contributed by atoms with E-state index in [4.69, 9.17) is 16.3 Å². The third-order valence-corrected chi connectivity index (χ3v) is 4.73. The van der Waals surface area contributed by atoms with E-state index in [0.717, 1.165) is 23.4 Å². The zero-order valence-corrected chi connectivity index (χ0v) is 18.2. The van der Waals surface area contributed by atoms with Crippen LogP contribution >= 0.6 is 24.2 Å². The zero-order valence-electron chi connectivity index (χ0n) is 16.5. The smallest absolute Gasteiger partial charge is 0.238 e. The summed E-state index contributed by atoms with van der Waals surface area (Å²) in [7, 11) is 3.51. The van der Waals surface area contributed by atoms with E-state index in [9.17, 15) is 4.39 Å². The number of thiol groups is 1. The molecule has 30 heavy (non-hydrogen) atoms. The highest BCUT2D eigenvalue weighted by Crippen LogP contribution is 2.29. The van der Waals surface area contributed by atoms with Crippen molar-refractivity contribution in [3.63, 3.8) is 0 Å². The van der Waals surface area contributed by atoms with Crippen molar-refractivity contribution in [2.75, 3.05) is 19.5 Å². The summed E-state index contributed by atoms with van der Waals surface area (Å²) in [6.45, 7) is 0.835. The van der Waals surface area contributed by atoms with Crippen molar-refractivity contribution < 1.29 is 9.13 Å². The molecule has 0 spiro atoms. The SMILES string of the molecule is CNCc1c[nH]c2cc(Nc3ccc(Cl)nc3OC)ccc12.Fc1cccc(S)c1. The van der Waals surface area contributed by atoms with Crippen molar-refractivity contribution in [3.05, 3.63) is 77.3 Å². The number of nitrogens with one attached hydrogen (secondary N) is 3. The van der Waals surface area contributed by atoms with Gasteiger partial charge in [0.05, 0.1) is 7.11 Å². The molecule has 0 amide bonds. The fourth-order valence-electron chi connectivity index (χ4n) is 2.90. The number of rotatable bonds is 5. The van der Waals surface area contributed by atoms with Crippen molar-refractivity contribution in [2.45, 2.75) is 11.4 Å². The first-order valence-electron chi connectivity index (χ1n) is 9.17. The number of anilines is 2. The first-order valence-corrected chi connectivity index (χ1v) is 9.99. The van der Waals surface area contributed by atoms with Gasteiger partial charge in [0.2, 0.25) is 5.88 Å². The second-order valence-electron chi connectivity index (χ2n) is 6.40. The van der Waals surface area contributed by atoms with Gasteiger partial charge in [-0.3, -0.25) is 0 Å². The van der Waals surface area contributed by atoms with Crippen molar-refractivity contribution in [1.82, 2.24) is 15.3 Å². The van der Waals surface area contributed by atoms with Crippen LogP contribution in [0.3, 0.4) is 0 Å². The lowest BCUT2D eigenvalue weighted by atomic mass is 10.1. The number of hydrogen-bond acceptors (Lipinski definition) is 5. The van der Waals surface area contributed by atoms with Crippen LogP contribution in [0.4, 0.5) is 15.8 Å². The summed E-state index contributed by atoms with van der Waals surface area (Å²) < 4.78 is 17.4. The molecular weight excluding hydrogens is 423 g/mol. The van der Waals surface area contributed by atoms with Gasteiger partial charge in [0.25, 0.3) is 0 Å². The maximum atomic E-state index is 12.1. The fourth-order valence-corrected chi connectivity index (χ4v) is 3.25. The fraction of sp³-hybridized carbons (Fsp3) is 0.136.